The van der Waals surface area contributed by atoms with Crippen LogP contribution in [0.5, 0.6) is 0 Å². The number of Topliss-reactive ketones (excluding diaryl/α,β-unsaturated/α-hetero) is 1. The van der Waals surface area contributed by atoms with E-state index < -0.39 is 18.1 Å². The van der Waals surface area contributed by atoms with E-state index in [1.54, 1.807) is 0 Å². The average Bonchev–Trinajstić information content (AvgIpc) is 2.74. The summed E-state index contributed by atoms with van der Waals surface area (Å²) in [5.41, 5.74) is 21.3. The van der Waals surface area contributed by atoms with E-state index in [4.69, 9.17) is 17.0 Å². The fraction of sp³-hybridized carbons (Fsp3) is 0.591. The van der Waals surface area contributed by atoms with Crippen LogP contribution in [-0.2, 0) is 22.4 Å². The van der Waals surface area contributed by atoms with Gasteiger partial charge in [-0.25, -0.2) is 4.79 Å². The second kappa shape index (κ2) is 14.1. The molecule has 0 saturated carbocycles. The van der Waals surface area contributed by atoms with Crippen LogP contribution < -0.4 is 22.1 Å². The average molecular weight is 446 g/mol. The number of nitrogens with two attached hydrogens (primary N) is 2. The summed E-state index contributed by atoms with van der Waals surface area (Å²) in [5.74, 6) is -0.336. The number of rotatable bonds is 14. The Balaban J connectivity index is 2.76. The zero-order chi connectivity index (χ0) is 24.1. The van der Waals surface area contributed by atoms with Gasteiger partial charge in [-0.1, -0.05) is 50.2 Å². The van der Waals surface area contributed by atoms with Gasteiger partial charge in [0, 0.05) is 24.4 Å². The number of primary amides is 1. The lowest BCUT2D eigenvalue weighted by Crippen LogP contribution is -2.50. The standard InChI is InChI=1S/C22H35N7O3/c1-14(2)20(23)21(31)28-18(5-4-10-26-22(24)32)19(30)12-17-8-6-16(7-9-17)11-15(3)13-27-29-25/h6-9,14-15,18,20H,4-5,10-13,23H2,1-3H3,(H,28,31)(H3,24,26,32)/t15-,18-,20-/m0/s1. The fourth-order valence-corrected chi connectivity index (χ4v) is 3.16. The van der Waals surface area contributed by atoms with Crippen molar-refractivity contribution in [1.82, 2.24) is 10.6 Å². The number of urea groups is 1. The first kappa shape index (κ1) is 26.9. The molecule has 1 rings (SSSR count). The Kier molecular flexibility index (Phi) is 11.8. The minimum Gasteiger partial charge on any atom is -0.352 e. The van der Waals surface area contributed by atoms with Gasteiger partial charge in [0.1, 0.15) is 0 Å². The number of hydrogen-bond acceptors (Lipinski definition) is 5. The van der Waals surface area contributed by atoms with Gasteiger partial charge in [-0.2, -0.15) is 0 Å². The van der Waals surface area contributed by atoms with E-state index in [0.717, 1.165) is 17.5 Å². The summed E-state index contributed by atoms with van der Waals surface area (Å²) in [6, 6.07) is 5.64. The number of nitrogens with one attached hydrogen (secondary N) is 2. The molecule has 10 heteroatoms. The molecule has 6 N–H and O–H groups in total. The Morgan fingerprint density at radius 3 is 2.31 bits per heavy atom. The molecule has 0 fully saturated rings. The number of carbonyl (C=O) groups is 3. The van der Waals surface area contributed by atoms with Crippen LogP contribution in [0.3, 0.4) is 0 Å². The van der Waals surface area contributed by atoms with Gasteiger partial charge < -0.3 is 22.1 Å². The Bertz CT molecular complexity index is 804. The number of azide groups is 1. The molecule has 1 aromatic carbocycles. The lowest BCUT2D eigenvalue weighted by molar-refractivity contribution is -0.129. The van der Waals surface area contributed by atoms with Crippen molar-refractivity contribution in [3.8, 4) is 0 Å². The number of hydrogen-bond donors (Lipinski definition) is 4. The molecule has 0 heterocycles. The van der Waals surface area contributed by atoms with Gasteiger partial charge >= 0.3 is 6.03 Å². The maximum Gasteiger partial charge on any atom is 0.312 e. The molecule has 0 aliphatic rings. The van der Waals surface area contributed by atoms with Crippen LogP contribution >= 0.6 is 0 Å². The largest absolute Gasteiger partial charge is 0.352 e. The Morgan fingerprint density at radius 1 is 1.12 bits per heavy atom. The van der Waals surface area contributed by atoms with Gasteiger partial charge in [0.15, 0.2) is 5.78 Å². The predicted octanol–water partition coefficient (Wildman–Crippen LogP) is 2.20. The van der Waals surface area contributed by atoms with E-state index in [2.05, 4.69) is 20.7 Å². The van der Waals surface area contributed by atoms with Crippen LogP contribution in [0.15, 0.2) is 29.4 Å². The minimum atomic E-state index is -0.708. The van der Waals surface area contributed by atoms with Gasteiger partial charge in [-0.15, -0.1) is 0 Å². The lowest BCUT2D eigenvalue weighted by atomic mass is 9.96. The lowest BCUT2D eigenvalue weighted by Gasteiger charge is -2.22. The van der Waals surface area contributed by atoms with Crippen LogP contribution in [0.4, 0.5) is 4.79 Å². The van der Waals surface area contributed by atoms with Crippen LogP contribution in [0.2, 0.25) is 0 Å². The van der Waals surface area contributed by atoms with E-state index in [-0.39, 0.29) is 29.9 Å². The molecule has 0 bridgehead atoms. The third-order valence-electron chi connectivity index (χ3n) is 5.14. The molecule has 1 aromatic rings. The molecule has 3 atom stereocenters. The molecule has 0 unspecified atom stereocenters. The number of carbonyl (C=O) groups excluding carboxylic acids is 3. The van der Waals surface area contributed by atoms with E-state index in [0.29, 0.717) is 25.9 Å². The van der Waals surface area contributed by atoms with Crippen molar-refractivity contribution in [3.05, 3.63) is 45.8 Å². The molecule has 0 saturated heterocycles. The van der Waals surface area contributed by atoms with Gasteiger partial charge in [-0.05, 0) is 47.8 Å². The second-order valence-corrected chi connectivity index (χ2v) is 8.45. The summed E-state index contributed by atoms with van der Waals surface area (Å²) in [6.45, 7) is 6.43. The highest BCUT2D eigenvalue weighted by Gasteiger charge is 2.25. The van der Waals surface area contributed by atoms with Crippen molar-refractivity contribution in [2.45, 2.75) is 58.5 Å². The molecule has 0 aliphatic heterocycles. The van der Waals surface area contributed by atoms with Crippen molar-refractivity contribution in [2.75, 3.05) is 13.1 Å². The zero-order valence-electron chi connectivity index (χ0n) is 19.1. The quantitative estimate of drug-likeness (QED) is 0.149. The maximum atomic E-state index is 12.9. The molecule has 0 radical (unpaired) electrons. The monoisotopic (exact) mass is 445 g/mol. The van der Waals surface area contributed by atoms with Crippen LogP contribution in [-0.4, -0.2) is 42.9 Å². The molecular weight excluding hydrogens is 410 g/mol. The molecule has 3 amide bonds. The van der Waals surface area contributed by atoms with Crippen molar-refractivity contribution < 1.29 is 14.4 Å². The SMILES string of the molecule is CC(C)[C@H](N)C(=O)N[C@@H](CCCNC(N)=O)C(=O)Cc1ccc(C[C@H](C)CN=[N+]=[N-])cc1. The highest BCUT2D eigenvalue weighted by Crippen LogP contribution is 2.13. The van der Waals surface area contributed by atoms with Crippen molar-refractivity contribution in [3.63, 3.8) is 0 Å². The normalized spacial score (nSPS) is 13.5. The summed E-state index contributed by atoms with van der Waals surface area (Å²) in [5, 5.41) is 8.84. The third kappa shape index (κ3) is 10.3. The number of benzene rings is 1. The first-order valence-electron chi connectivity index (χ1n) is 10.8. The summed E-state index contributed by atoms with van der Waals surface area (Å²) in [6.07, 6.45) is 1.79. The molecule has 0 spiro atoms. The number of nitrogens with zero attached hydrogens (tertiary/aromatic N) is 3. The Hall–Kier alpha value is -3.10. The van der Waals surface area contributed by atoms with Crippen molar-refractivity contribution >= 4 is 17.7 Å². The predicted molar refractivity (Wildman–Crippen MR) is 124 cm³/mol. The number of ketones is 1. The molecular formula is C22H35N7O3. The molecule has 0 aliphatic carbocycles. The van der Waals surface area contributed by atoms with Gasteiger partial charge in [0.05, 0.1) is 12.1 Å². The van der Waals surface area contributed by atoms with E-state index in [1.807, 2.05) is 45.0 Å². The van der Waals surface area contributed by atoms with Gasteiger partial charge in [0.2, 0.25) is 5.91 Å². The summed E-state index contributed by atoms with van der Waals surface area (Å²) < 4.78 is 0. The third-order valence-corrected chi connectivity index (χ3v) is 5.14. The smallest absolute Gasteiger partial charge is 0.312 e. The zero-order valence-corrected chi connectivity index (χ0v) is 19.1. The Morgan fingerprint density at radius 2 is 1.75 bits per heavy atom. The van der Waals surface area contributed by atoms with Crippen molar-refractivity contribution in [1.29, 1.82) is 0 Å². The van der Waals surface area contributed by atoms with Crippen LogP contribution in [0.25, 0.3) is 10.4 Å². The summed E-state index contributed by atoms with van der Waals surface area (Å²) in [7, 11) is 0. The van der Waals surface area contributed by atoms with Crippen LogP contribution in [0, 0.1) is 11.8 Å². The minimum absolute atomic E-state index is 0.0592. The van der Waals surface area contributed by atoms with E-state index in [1.165, 1.54) is 0 Å². The molecule has 0 aromatic heterocycles. The molecule has 176 valence electrons. The number of amides is 3. The summed E-state index contributed by atoms with van der Waals surface area (Å²) in [4.78, 5) is 39.0. The van der Waals surface area contributed by atoms with E-state index >= 15 is 0 Å². The first-order valence-corrected chi connectivity index (χ1v) is 10.8. The van der Waals surface area contributed by atoms with Crippen LogP contribution in [0.1, 0.15) is 44.7 Å². The first-order chi connectivity index (χ1) is 15.1. The van der Waals surface area contributed by atoms with Gasteiger partial charge in [0.25, 0.3) is 0 Å². The summed E-state index contributed by atoms with van der Waals surface area (Å²) >= 11 is 0. The van der Waals surface area contributed by atoms with Gasteiger partial charge in [-0.3, -0.25) is 9.59 Å². The Labute approximate surface area is 189 Å². The van der Waals surface area contributed by atoms with Crippen molar-refractivity contribution in [2.24, 2.45) is 28.4 Å². The topological polar surface area (TPSA) is 176 Å². The molecule has 10 nitrogen and oxygen atoms in total. The maximum absolute atomic E-state index is 12.9. The molecule has 32 heavy (non-hydrogen) atoms. The van der Waals surface area contributed by atoms with E-state index in [9.17, 15) is 14.4 Å². The highest BCUT2D eigenvalue weighted by molar-refractivity contribution is 5.92. The second-order valence-electron chi connectivity index (χ2n) is 8.45. The fourth-order valence-electron chi connectivity index (χ4n) is 3.16. The highest BCUT2D eigenvalue weighted by atomic mass is 16.2.